The lowest BCUT2D eigenvalue weighted by molar-refractivity contribution is -0.176. The van der Waals surface area contributed by atoms with Gasteiger partial charge in [-0.1, -0.05) is 104 Å². The second-order valence-corrected chi connectivity index (χ2v) is 24.6. The normalized spacial score (nSPS) is 23.8. The molecule has 0 radical (unpaired) electrons. The number of carbonyl (C=O) groups is 8. The molecule has 1 aliphatic rings. The zero-order chi connectivity index (χ0) is 60.9. The lowest BCUT2D eigenvalue weighted by atomic mass is 9.99. The number of cyclic esters (lactones) is 4. The van der Waals surface area contributed by atoms with Gasteiger partial charge in [0.05, 0.1) is 0 Å². The minimum absolute atomic E-state index is 0.0266. The highest BCUT2D eigenvalue weighted by Gasteiger charge is 2.43. The molecule has 0 N–H and O–H groups in total. The number of benzene rings is 2. The summed E-state index contributed by atoms with van der Waals surface area (Å²) in [5, 5.41) is 3.81. The first-order valence-electron chi connectivity index (χ1n) is 27.7. The first-order chi connectivity index (χ1) is 38.6. The van der Waals surface area contributed by atoms with Crippen LogP contribution < -0.4 is 0 Å². The van der Waals surface area contributed by atoms with Crippen LogP contribution in [0.2, 0.25) is 0 Å². The van der Waals surface area contributed by atoms with E-state index in [0.29, 0.717) is 22.3 Å². The lowest BCUT2D eigenvalue weighted by Crippen LogP contribution is -2.55. The predicted molar refractivity (Wildman–Crippen MR) is 305 cm³/mol. The Bertz CT molecular complexity index is 2580. The molecule has 2 aromatic heterocycles. The molecule has 22 heteroatoms. The molecule has 1 aliphatic heterocycles. The number of amides is 4. The SMILES string of the molecule is CC(C)C[C@H]1C(=O)O[C@H](Cc2ccc([C@H](F)c3nccs3)cc2)C(=O)N(C)[C@@H](CC(C)C)C(=O)O[C@H](C)C(=O)N(C)[C@@H](CC(C)C)C(=O)O[C@H](Cc2ccc([C@@H](F)c3nccs3)cc2)C(=O)N(C)[C@@H](CC(C)C)C(=O)O[C@H](C)C(=O)N1C. The summed E-state index contributed by atoms with van der Waals surface area (Å²) >= 11 is 2.30. The van der Waals surface area contributed by atoms with Crippen molar-refractivity contribution in [3.05, 3.63) is 104 Å². The third-order valence-electron chi connectivity index (χ3n) is 14.2. The van der Waals surface area contributed by atoms with Gasteiger partial charge in [0, 0.05) is 64.2 Å². The first-order valence-corrected chi connectivity index (χ1v) is 29.5. The van der Waals surface area contributed by atoms with Crippen molar-refractivity contribution in [2.45, 2.75) is 169 Å². The molecule has 82 heavy (non-hydrogen) atoms. The van der Waals surface area contributed by atoms with Crippen LogP contribution in [0.3, 0.4) is 0 Å². The summed E-state index contributed by atoms with van der Waals surface area (Å²) in [5.74, 6) is -8.17. The van der Waals surface area contributed by atoms with Crippen molar-refractivity contribution in [2.75, 3.05) is 28.2 Å². The van der Waals surface area contributed by atoms with Crippen LogP contribution in [0.4, 0.5) is 8.78 Å². The van der Waals surface area contributed by atoms with Crippen molar-refractivity contribution < 1.29 is 66.1 Å². The third kappa shape index (κ3) is 17.7. The average molecular weight is 1180 g/mol. The van der Waals surface area contributed by atoms with Gasteiger partial charge in [0.25, 0.3) is 23.6 Å². The number of alkyl halides is 2. The summed E-state index contributed by atoms with van der Waals surface area (Å²) in [6, 6.07) is 7.03. The van der Waals surface area contributed by atoms with Gasteiger partial charge in [0.15, 0.2) is 36.8 Å². The molecule has 0 unspecified atom stereocenters. The van der Waals surface area contributed by atoms with Gasteiger partial charge in [-0.2, -0.15) is 0 Å². The van der Waals surface area contributed by atoms with Crippen LogP contribution in [0, 0.1) is 23.7 Å². The van der Waals surface area contributed by atoms with E-state index in [9.17, 15) is 38.4 Å². The van der Waals surface area contributed by atoms with Gasteiger partial charge in [-0.25, -0.2) is 37.9 Å². The fourth-order valence-electron chi connectivity index (χ4n) is 9.56. The maximum Gasteiger partial charge on any atom is 0.329 e. The van der Waals surface area contributed by atoms with Gasteiger partial charge >= 0.3 is 23.9 Å². The zero-order valence-corrected chi connectivity index (χ0v) is 51.0. The van der Waals surface area contributed by atoms with E-state index in [1.807, 2.05) is 55.4 Å². The molecular weight excluding hydrogens is 1100 g/mol. The number of ether oxygens (including phenoxy) is 4. The second kappa shape index (κ2) is 30.0. The molecule has 4 amide bonds. The first kappa shape index (κ1) is 66.1. The monoisotopic (exact) mass is 1180 g/mol. The Hall–Kier alpha value is -6.68. The Balaban J connectivity index is 1.60. The molecule has 2 aromatic carbocycles. The fourth-order valence-corrected chi connectivity index (χ4v) is 10.8. The number of rotatable bonds is 16. The molecule has 0 saturated carbocycles. The molecule has 0 aliphatic carbocycles. The molecule has 0 spiro atoms. The molecule has 18 nitrogen and oxygen atoms in total. The van der Waals surface area contributed by atoms with Crippen molar-refractivity contribution in [1.82, 2.24) is 29.6 Å². The summed E-state index contributed by atoms with van der Waals surface area (Å²) in [6.45, 7) is 17.1. The number of carbonyl (C=O) groups excluding carboxylic acids is 8. The van der Waals surface area contributed by atoms with Crippen molar-refractivity contribution in [3.63, 3.8) is 0 Å². The van der Waals surface area contributed by atoms with Crippen molar-refractivity contribution in [3.8, 4) is 0 Å². The number of likely N-dealkylation sites (N-methyl/N-ethyl adjacent to an activating group) is 4. The summed E-state index contributed by atoms with van der Waals surface area (Å²) in [6.07, 6.45) is -6.84. The number of hydrogen-bond acceptors (Lipinski definition) is 16. The molecule has 1 saturated heterocycles. The van der Waals surface area contributed by atoms with Crippen LogP contribution in [0.15, 0.2) is 71.7 Å². The van der Waals surface area contributed by atoms with E-state index in [1.165, 1.54) is 78.7 Å². The molecule has 5 rings (SSSR count). The third-order valence-corrected chi connectivity index (χ3v) is 15.8. The molecular formula is C60H80F2N6O12S2. The summed E-state index contributed by atoms with van der Waals surface area (Å²) in [4.78, 5) is 130. The van der Waals surface area contributed by atoms with E-state index in [1.54, 1.807) is 35.0 Å². The van der Waals surface area contributed by atoms with Crippen LogP contribution in [0.1, 0.15) is 140 Å². The number of esters is 4. The second-order valence-electron chi connectivity index (χ2n) is 22.7. The largest absolute Gasteiger partial charge is 0.451 e. The smallest absolute Gasteiger partial charge is 0.329 e. The number of aromatic nitrogens is 2. The van der Waals surface area contributed by atoms with Crippen LogP contribution >= 0.6 is 22.7 Å². The average Bonchev–Trinajstić information content (AvgIpc) is 4.20. The highest BCUT2D eigenvalue weighted by Crippen LogP contribution is 2.31. The maximum absolute atomic E-state index is 15.5. The van der Waals surface area contributed by atoms with E-state index in [4.69, 9.17) is 18.9 Å². The van der Waals surface area contributed by atoms with E-state index in [2.05, 4.69) is 9.97 Å². The van der Waals surface area contributed by atoms with Crippen molar-refractivity contribution in [2.24, 2.45) is 23.7 Å². The van der Waals surface area contributed by atoms with Gasteiger partial charge in [-0.15, -0.1) is 22.7 Å². The van der Waals surface area contributed by atoms with Crippen LogP contribution in [0.25, 0.3) is 0 Å². The highest BCUT2D eigenvalue weighted by atomic mass is 32.1. The number of hydrogen-bond donors (Lipinski definition) is 0. The quantitative estimate of drug-likeness (QED) is 0.0759. The van der Waals surface area contributed by atoms with E-state index in [-0.39, 0.29) is 72.2 Å². The van der Waals surface area contributed by atoms with E-state index >= 15 is 8.78 Å². The number of halogens is 2. The molecule has 10 atom stereocenters. The topological polar surface area (TPSA) is 212 Å². The van der Waals surface area contributed by atoms with Gasteiger partial charge in [-0.3, -0.25) is 19.2 Å². The van der Waals surface area contributed by atoms with Gasteiger partial charge in [-0.05, 0) is 85.5 Å². The molecule has 0 bridgehead atoms. The van der Waals surface area contributed by atoms with Gasteiger partial charge in [0.1, 0.15) is 34.2 Å². The summed E-state index contributed by atoms with van der Waals surface area (Å²) in [5.41, 5.74) is 1.48. The summed E-state index contributed by atoms with van der Waals surface area (Å²) in [7, 11) is 5.35. The molecule has 4 aromatic rings. The predicted octanol–water partition coefficient (Wildman–Crippen LogP) is 8.70. The molecule has 1 fully saturated rings. The number of thiazole rings is 2. The Morgan fingerprint density at radius 2 is 0.707 bits per heavy atom. The zero-order valence-electron chi connectivity index (χ0n) is 49.4. The van der Waals surface area contributed by atoms with Gasteiger partial charge in [0.2, 0.25) is 0 Å². The summed E-state index contributed by atoms with van der Waals surface area (Å²) < 4.78 is 55.0. The number of nitrogens with zero attached hydrogens (tertiary/aromatic N) is 6. The highest BCUT2D eigenvalue weighted by molar-refractivity contribution is 7.09. The Kier molecular flexibility index (Phi) is 24.2. The fraction of sp³-hybridized carbons (Fsp3) is 0.567. The standard InChI is InChI=1S/C60H80F2N6O12S2/c1-33(2)27-43-57(73)77-37(9)53(69)65(11)46(30-36(7)8)60(76)80-48(32-40-17-21-42(22-18-40)50(62)52-64-24-26-82-52)56(72)68(14)44(28-34(3)4)58(74)78-38(10)54(70)66(12)45(29-35(5)6)59(75)79-47(55(71)67(43)13)31-39-15-19-41(20-16-39)49(61)51-63-23-25-81-51/h15-26,33-38,43-50H,27-32H2,1-14H3/t37-,38-,43+,44+,45+,46+,47-,48-,49-,50+/m1/s1. The van der Waals surface area contributed by atoms with Gasteiger partial charge < -0.3 is 38.5 Å². The van der Waals surface area contributed by atoms with Crippen molar-refractivity contribution >= 4 is 70.2 Å². The van der Waals surface area contributed by atoms with E-state index in [0.717, 1.165) is 42.3 Å². The Morgan fingerprint density at radius 1 is 0.439 bits per heavy atom. The Morgan fingerprint density at radius 3 is 0.963 bits per heavy atom. The minimum Gasteiger partial charge on any atom is -0.451 e. The maximum atomic E-state index is 15.5. The Labute approximate surface area is 488 Å². The van der Waals surface area contributed by atoms with E-state index < -0.39 is 108 Å². The van der Waals surface area contributed by atoms with Crippen LogP contribution in [-0.2, 0) is 70.1 Å². The molecule has 3 heterocycles. The van der Waals surface area contributed by atoms with Crippen LogP contribution in [0.5, 0.6) is 0 Å². The minimum atomic E-state index is -1.64. The lowest BCUT2D eigenvalue weighted by Gasteiger charge is -2.35. The molecule has 448 valence electrons. The van der Waals surface area contributed by atoms with Crippen molar-refractivity contribution in [1.29, 1.82) is 0 Å². The van der Waals surface area contributed by atoms with Crippen LogP contribution in [-0.4, -0.2) is 154 Å².